The third kappa shape index (κ3) is 0.924. The molecule has 1 fully saturated rings. The van der Waals surface area contributed by atoms with E-state index in [4.69, 9.17) is 11.5 Å². The quantitative estimate of drug-likeness (QED) is 0.474. The van der Waals surface area contributed by atoms with E-state index < -0.39 is 0 Å². The van der Waals surface area contributed by atoms with Crippen LogP contribution in [0.15, 0.2) is 0 Å². The van der Waals surface area contributed by atoms with Crippen LogP contribution >= 0.6 is 0 Å². The average molecular weight is 100 g/mol. The van der Waals surface area contributed by atoms with Crippen LogP contribution in [0.1, 0.15) is 12.8 Å². The van der Waals surface area contributed by atoms with Crippen molar-refractivity contribution in [1.82, 2.24) is 0 Å². The van der Waals surface area contributed by atoms with Crippen LogP contribution < -0.4 is 11.5 Å². The molecule has 0 heterocycles. The van der Waals surface area contributed by atoms with Gasteiger partial charge < -0.3 is 11.5 Å². The van der Waals surface area contributed by atoms with Crippen LogP contribution in [0, 0.1) is 5.92 Å². The van der Waals surface area contributed by atoms with Gasteiger partial charge in [0.2, 0.25) is 0 Å². The molecule has 0 amide bonds. The van der Waals surface area contributed by atoms with Gasteiger partial charge in [0.1, 0.15) is 0 Å². The van der Waals surface area contributed by atoms with Gasteiger partial charge in [-0.25, -0.2) is 0 Å². The van der Waals surface area contributed by atoms with E-state index >= 15 is 0 Å². The minimum atomic E-state index is 0.466. The van der Waals surface area contributed by atoms with Crippen LogP contribution in [0.3, 0.4) is 0 Å². The summed E-state index contributed by atoms with van der Waals surface area (Å²) in [6, 6.07) is 0.466. The van der Waals surface area contributed by atoms with Crippen molar-refractivity contribution >= 4 is 0 Å². The molecule has 1 saturated carbocycles. The maximum Gasteiger partial charge on any atom is 0.00450 e. The molecule has 1 rings (SSSR count). The molecule has 0 bridgehead atoms. The highest BCUT2D eigenvalue weighted by atomic mass is 14.7. The summed E-state index contributed by atoms with van der Waals surface area (Å²) in [6.45, 7) is 0.827. The molecule has 0 spiro atoms. The predicted octanol–water partition coefficient (Wildman–Crippen LogP) is -0.318. The summed E-state index contributed by atoms with van der Waals surface area (Å²) in [5, 5.41) is 0. The first kappa shape index (κ1) is 5.06. The molecule has 0 unspecified atom stereocenters. The van der Waals surface area contributed by atoms with Crippen LogP contribution in [0.2, 0.25) is 0 Å². The lowest BCUT2D eigenvalue weighted by molar-refractivity contribution is 0.274. The van der Waals surface area contributed by atoms with Gasteiger partial charge in [-0.15, -0.1) is 0 Å². The highest BCUT2D eigenvalue weighted by Gasteiger charge is 2.23. The van der Waals surface area contributed by atoms with Gasteiger partial charge in [0.05, 0.1) is 0 Å². The Hall–Kier alpha value is -0.0800. The minimum absolute atomic E-state index is 0.466. The van der Waals surface area contributed by atoms with E-state index in [0.29, 0.717) is 6.04 Å². The van der Waals surface area contributed by atoms with Gasteiger partial charge in [-0.3, -0.25) is 0 Å². The standard InChI is InChI=1S/C5H12N2/c6-3-4-1-5(7)2-4/h4-5H,1-3,6-7H2/t4-,5+. The van der Waals surface area contributed by atoms with Crippen molar-refractivity contribution in [1.29, 1.82) is 0 Å². The van der Waals surface area contributed by atoms with Crippen molar-refractivity contribution < 1.29 is 0 Å². The Kier molecular flexibility index (Phi) is 1.30. The number of hydrogen-bond acceptors (Lipinski definition) is 2. The van der Waals surface area contributed by atoms with E-state index in [9.17, 15) is 0 Å². The van der Waals surface area contributed by atoms with Crippen LogP contribution in [0.5, 0.6) is 0 Å². The zero-order chi connectivity index (χ0) is 5.28. The lowest BCUT2D eigenvalue weighted by Crippen LogP contribution is -2.39. The molecule has 7 heavy (non-hydrogen) atoms. The first-order valence-corrected chi connectivity index (χ1v) is 2.78. The first-order chi connectivity index (χ1) is 3.33. The van der Waals surface area contributed by atoms with Crippen molar-refractivity contribution in [3.8, 4) is 0 Å². The third-order valence-corrected chi connectivity index (χ3v) is 1.61. The third-order valence-electron chi connectivity index (χ3n) is 1.61. The van der Waals surface area contributed by atoms with Gasteiger partial charge in [0.25, 0.3) is 0 Å². The lowest BCUT2D eigenvalue weighted by atomic mass is 9.81. The molecule has 1 aliphatic rings. The largest absolute Gasteiger partial charge is 0.330 e. The van der Waals surface area contributed by atoms with Gasteiger partial charge in [0.15, 0.2) is 0 Å². The summed E-state index contributed by atoms with van der Waals surface area (Å²) in [5.74, 6) is 0.745. The molecule has 1 aliphatic carbocycles. The molecule has 42 valence electrons. The Bertz CT molecular complexity index is 57.1. The van der Waals surface area contributed by atoms with Crippen LogP contribution in [0.4, 0.5) is 0 Å². The van der Waals surface area contributed by atoms with E-state index in [-0.39, 0.29) is 0 Å². The maximum absolute atomic E-state index is 5.49. The van der Waals surface area contributed by atoms with E-state index in [1.54, 1.807) is 0 Å². The molecular formula is C5H12N2. The summed E-state index contributed by atoms with van der Waals surface area (Å²) in [5.41, 5.74) is 10.8. The monoisotopic (exact) mass is 100 g/mol. The maximum atomic E-state index is 5.49. The van der Waals surface area contributed by atoms with Crippen LogP contribution in [-0.4, -0.2) is 12.6 Å². The van der Waals surface area contributed by atoms with Crippen molar-refractivity contribution in [2.45, 2.75) is 18.9 Å². The normalized spacial score (nSPS) is 40.3. The highest BCUT2D eigenvalue weighted by Crippen LogP contribution is 2.23. The molecule has 0 aromatic heterocycles. The number of rotatable bonds is 1. The lowest BCUT2D eigenvalue weighted by Gasteiger charge is -2.30. The molecule has 0 radical (unpaired) electrons. The fraction of sp³-hybridized carbons (Fsp3) is 1.00. The molecule has 0 aromatic carbocycles. The zero-order valence-corrected chi connectivity index (χ0v) is 4.43. The first-order valence-electron chi connectivity index (χ1n) is 2.78. The second-order valence-corrected chi connectivity index (χ2v) is 2.33. The van der Waals surface area contributed by atoms with Crippen molar-refractivity contribution in [3.05, 3.63) is 0 Å². The molecule has 0 atom stereocenters. The van der Waals surface area contributed by atoms with Gasteiger partial charge in [0, 0.05) is 6.04 Å². The Morgan fingerprint density at radius 3 is 2.14 bits per heavy atom. The van der Waals surface area contributed by atoms with E-state index in [1.165, 1.54) is 0 Å². The van der Waals surface area contributed by atoms with Gasteiger partial charge in [-0.2, -0.15) is 0 Å². The topological polar surface area (TPSA) is 52.0 Å². The van der Waals surface area contributed by atoms with Gasteiger partial charge in [-0.05, 0) is 25.3 Å². The van der Waals surface area contributed by atoms with E-state index in [1.807, 2.05) is 0 Å². The Morgan fingerprint density at radius 1 is 1.43 bits per heavy atom. The number of hydrogen-bond donors (Lipinski definition) is 2. The Balaban J connectivity index is 2.06. The van der Waals surface area contributed by atoms with Gasteiger partial charge >= 0.3 is 0 Å². The number of nitrogens with two attached hydrogens (primary N) is 2. The fourth-order valence-corrected chi connectivity index (χ4v) is 0.980. The summed E-state index contributed by atoms with van der Waals surface area (Å²) in [4.78, 5) is 0. The van der Waals surface area contributed by atoms with E-state index in [2.05, 4.69) is 0 Å². The molecular weight excluding hydrogens is 88.1 g/mol. The molecule has 0 aliphatic heterocycles. The van der Waals surface area contributed by atoms with Crippen LogP contribution in [0.25, 0.3) is 0 Å². The SMILES string of the molecule is NC[C@H]1C[C@@H](N)C1. The second-order valence-electron chi connectivity index (χ2n) is 2.33. The predicted molar refractivity (Wildman–Crippen MR) is 29.8 cm³/mol. The molecule has 2 nitrogen and oxygen atoms in total. The minimum Gasteiger partial charge on any atom is -0.330 e. The highest BCUT2D eigenvalue weighted by molar-refractivity contribution is 4.81. The average Bonchev–Trinajstić information content (AvgIpc) is 1.58. The molecule has 2 heteroatoms. The van der Waals surface area contributed by atoms with Crippen molar-refractivity contribution in [2.24, 2.45) is 17.4 Å². The smallest absolute Gasteiger partial charge is 0.00450 e. The fourth-order valence-electron chi connectivity index (χ4n) is 0.980. The summed E-state index contributed by atoms with van der Waals surface area (Å²) < 4.78 is 0. The molecule has 0 aromatic rings. The zero-order valence-electron chi connectivity index (χ0n) is 4.43. The summed E-state index contributed by atoms with van der Waals surface area (Å²) in [7, 11) is 0. The Labute approximate surface area is 43.9 Å². The van der Waals surface area contributed by atoms with E-state index in [0.717, 1.165) is 25.3 Å². The van der Waals surface area contributed by atoms with Crippen LogP contribution in [-0.2, 0) is 0 Å². The molecule has 4 N–H and O–H groups in total. The van der Waals surface area contributed by atoms with Crippen molar-refractivity contribution in [3.63, 3.8) is 0 Å². The Morgan fingerprint density at radius 2 is 2.00 bits per heavy atom. The summed E-state index contributed by atoms with van der Waals surface area (Å²) in [6.07, 6.45) is 2.30. The molecule has 0 saturated heterocycles. The second kappa shape index (κ2) is 1.80. The van der Waals surface area contributed by atoms with Crippen molar-refractivity contribution in [2.75, 3.05) is 6.54 Å². The summed E-state index contributed by atoms with van der Waals surface area (Å²) >= 11 is 0. The van der Waals surface area contributed by atoms with Gasteiger partial charge in [-0.1, -0.05) is 0 Å².